The Morgan fingerprint density at radius 2 is 1.87 bits per heavy atom. The van der Waals surface area contributed by atoms with E-state index in [0.29, 0.717) is 35.0 Å². The summed E-state index contributed by atoms with van der Waals surface area (Å²) in [7, 11) is -0.280. The summed E-state index contributed by atoms with van der Waals surface area (Å²) in [6.45, 7) is 4.48. The first-order valence-corrected chi connectivity index (χ1v) is 12.0. The number of aryl methyl sites for hydroxylation is 1. The molecule has 1 aliphatic heterocycles. The monoisotopic (exact) mass is 445 g/mol. The van der Waals surface area contributed by atoms with E-state index in [2.05, 4.69) is 22.0 Å². The first-order valence-electron chi connectivity index (χ1n) is 10.5. The first kappa shape index (κ1) is 23.1. The van der Waals surface area contributed by atoms with Crippen molar-refractivity contribution in [3.63, 3.8) is 0 Å². The SMILES string of the molecule is COc1ccccc1NS(=O)(=O)c1cc(C(=O)NCCC2CCN(C)CC2)ccc1C. The minimum absolute atomic E-state index is 0.0707. The highest BCUT2D eigenvalue weighted by molar-refractivity contribution is 7.92. The van der Waals surface area contributed by atoms with Crippen molar-refractivity contribution in [2.75, 3.05) is 38.5 Å². The molecule has 2 aromatic carbocycles. The molecule has 1 fully saturated rings. The number of anilines is 1. The third kappa shape index (κ3) is 5.98. The van der Waals surface area contributed by atoms with Crippen LogP contribution >= 0.6 is 0 Å². The number of likely N-dealkylation sites (tertiary alicyclic amines) is 1. The number of nitrogens with one attached hydrogen (secondary N) is 2. The number of nitrogens with zero attached hydrogens (tertiary/aromatic N) is 1. The quantitative estimate of drug-likeness (QED) is 0.651. The van der Waals surface area contributed by atoms with Gasteiger partial charge in [-0.05, 0) is 82.1 Å². The van der Waals surface area contributed by atoms with Crippen LogP contribution in [-0.2, 0) is 10.0 Å². The molecule has 3 rings (SSSR count). The van der Waals surface area contributed by atoms with Crippen molar-refractivity contribution in [3.05, 3.63) is 53.6 Å². The molecular formula is C23H31N3O4S. The number of methoxy groups -OCH3 is 1. The molecule has 1 heterocycles. The van der Waals surface area contributed by atoms with Crippen LogP contribution in [0.4, 0.5) is 5.69 Å². The number of rotatable bonds is 8. The number of para-hydroxylation sites is 2. The van der Waals surface area contributed by atoms with Gasteiger partial charge in [-0.2, -0.15) is 0 Å². The topological polar surface area (TPSA) is 87.7 Å². The summed E-state index contributed by atoms with van der Waals surface area (Å²) >= 11 is 0. The van der Waals surface area contributed by atoms with Gasteiger partial charge in [-0.1, -0.05) is 18.2 Å². The van der Waals surface area contributed by atoms with Crippen LogP contribution in [0.2, 0.25) is 0 Å². The van der Waals surface area contributed by atoms with Gasteiger partial charge >= 0.3 is 0 Å². The van der Waals surface area contributed by atoms with Crippen LogP contribution in [-0.4, -0.2) is 53.0 Å². The highest BCUT2D eigenvalue weighted by atomic mass is 32.2. The zero-order valence-electron chi connectivity index (χ0n) is 18.3. The van der Waals surface area contributed by atoms with E-state index in [1.807, 2.05) is 0 Å². The fourth-order valence-corrected chi connectivity index (χ4v) is 5.14. The van der Waals surface area contributed by atoms with Crippen LogP contribution in [0.25, 0.3) is 0 Å². The van der Waals surface area contributed by atoms with Gasteiger partial charge in [-0.25, -0.2) is 8.42 Å². The van der Waals surface area contributed by atoms with E-state index in [4.69, 9.17) is 4.74 Å². The molecule has 8 heteroatoms. The van der Waals surface area contributed by atoms with Crippen molar-refractivity contribution in [2.45, 2.75) is 31.1 Å². The molecule has 0 aromatic heterocycles. The van der Waals surface area contributed by atoms with Crippen LogP contribution in [0.3, 0.4) is 0 Å². The maximum atomic E-state index is 13.0. The maximum Gasteiger partial charge on any atom is 0.262 e. The lowest BCUT2D eigenvalue weighted by atomic mass is 9.94. The summed E-state index contributed by atoms with van der Waals surface area (Å²) in [5.74, 6) is 0.781. The van der Waals surface area contributed by atoms with Gasteiger partial charge < -0.3 is 15.0 Å². The van der Waals surface area contributed by atoms with Gasteiger partial charge in [0, 0.05) is 12.1 Å². The van der Waals surface area contributed by atoms with Crippen LogP contribution in [0.15, 0.2) is 47.4 Å². The number of hydrogen-bond donors (Lipinski definition) is 2. The third-order valence-electron chi connectivity index (χ3n) is 5.77. The minimum Gasteiger partial charge on any atom is -0.495 e. The van der Waals surface area contributed by atoms with E-state index >= 15 is 0 Å². The first-order chi connectivity index (χ1) is 14.8. The number of carbonyl (C=O) groups excluding carboxylic acids is 1. The molecule has 2 aromatic rings. The molecule has 2 N–H and O–H groups in total. The summed E-state index contributed by atoms with van der Waals surface area (Å²) in [6.07, 6.45) is 3.23. The highest BCUT2D eigenvalue weighted by Crippen LogP contribution is 2.27. The summed E-state index contributed by atoms with van der Waals surface area (Å²) in [5.41, 5.74) is 1.23. The van der Waals surface area contributed by atoms with Gasteiger partial charge in [0.2, 0.25) is 0 Å². The lowest BCUT2D eigenvalue weighted by molar-refractivity contribution is 0.0948. The molecular weight excluding hydrogens is 414 g/mol. The molecule has 0 radical (unpaired) electrons. The Balaban J connectivity index is 1.68. The van der Waals surface area contributed by atoms with Gasteiger partial charge in [-0.15, -0.1) is 0 Å². The molecule has 0 atom stereocenters. The Hall–Kier alpha value is -2.58. The van der Waals surface area contributed by atoms with E-state index in [0.717, 1.165) is 32.4 Å². The molecule has 168 valence electrons. The van der Waals surface area contributed by atoms with Crippen molar-refractivity contribution in [1.29, 1.82) is 0 Å². The second kappa shape index (κ2) is 10.2. The average Bonchev–Trinajstić information content (AvgIpc) is 2.75. The number of sulfonamides is 1. The van der Waals surface area contributed by atoms with E-state index < -0.39 is 10.0 Å². The van der Waals surface area contributed by atoms with Crippen molar-refractivity contribution in [2.24, 2.45) is 5.92 Å². The summed E-state index contributed by atoms with van der Waals surface area (Å²) in [6, 6.07) is 11.5. The molecule has 0 saturated carbocycles. The van der Waals surface area contributed by atoms with Crippen LogP contribution in [0.5, 0.6) is 5.75 Å². The van der Waals surface area contributed by atoms with Gasteiger partial charge in [0.15, 0.2) is 0 Å². The largest absolute Gasteiger partial charge is 0.495 e. The van der Waals surface area contributed by atoms with Crippen LogP contribution in [0.1, 0.15) is 35.2 Å². The predicted molar refractivity (Wildman–Crippen MR) is 122 cm³/mol. The predicted octanol–water partition coefficient (Wildman–Crippen LogP) is 3.27. The molecule has 0 spiro atoms. The Labute approximate surface area is 184 Å². The molecule has 1 aliphatic rings. The van der Waals surface area contributed by atoms with E-state index in [9.17, 15) is 13.2 Å². The molecule has 1 amide bonds. The fourth-order valence-electron chi connectivity index (χ4n) is 3.80. The van der Waals surface area contributed by atoms with Gasteiger partial charge in [0.05, 0.1) is 17.7 Å². The molecule has 1 saturated heterocycles. The molecule has 0 unspecified atom stereocenters. The van der Waals surface area contributed by atoms with Crippen molar-refractivity contribution >= 4 is 21.6 Å². The number of amides is 1. The van der Waals surface area contributed by atoms with E-state index in [1.165, 1.54) is 13.2 Å². The standard InChI is InChI=1S/C23H31N3O4S/c1-17-8-9-19(23(27)24-13-10-18-11-14-26(2)15-12-18)16-22(17)31(28,29)25-20-6-4-5-7-21(20)30-3/h4-9,16,18,25H,10-15H2,1-3H3,(H,24,27). The second-order valence-electron chi connectivity index (χ2n) is 8.08. The Kier molecular flexibility index (Phi) is 7.56. The molecule has 0 bridgehead atoms. The van der Waals surface area contributed by atoms with E-state index in [-0.39, 0.29) is 10.8 Å². The normalized spacial score (nSPS) is 15.5. The van der Waals surface area contributed by atoms with Crippen molar-refractivity contribution < 1.29 is 17.9 Å². The van der Waals surface area contributed by atoms with Gasteiger partial charge in [-0.3, -0.25) is 9.52 Å². The average molecular weight is 446 g/mol. The molecule has 0 aliphatic carbocycles. The lowest BCUT2D eigenvalue weighted by Gasteiger charge is -2.28. The smallest absolute Gasteiger partial charge is 0.262 e. The molecule has 7 nitrogen and oxygen atoms in total. The Bertz CT molecular complexity index is 1020. The van der Waals surface area contributed by atoms with Crippen molar-refractivity contribution in [3.8, 4) is 5.75 Å². The van der Waals surface area contributed by atoms with Crippen molar-refractivity contribution in [1.82, 2.24) is 10.2 Å². The Morgan fingerprint density at radius 1 is 1.16 bits per heavy atom. The molecule has 31 heavy (non-hydrogen) atoms. The fraction of sp³-hybridized carbons (Fsp3) is 0.435. The highest BCUT2D eigenvalue weighted by Gasteiger charge is 2.21. The number of ether oxygens (including phenoxy) is 1. The second-order valence-corrected chi connectivity index (χ2v) is 9.73. The third-order valence-corrected chi connectivity index (χ3v) is 7.27. The zero-order chi connectivity index (χ0) is 22.4. The van der Waals surface area contributed by atoms with Crippen LogP contribution < -0.4 is 14.8 Å². The minimum atomic E-state index is -3.89. The lowest BCUT2D eigenvalue weighted by Crippen LogP contribution is -2.32. The maximum absolute atomic E-state index is 13.0. The summed E-state index contributed by atoms with van der Waals surface area (Å²) < 4.78 is 33.8. The number of benzene rings is 2. The Morgan fingerprint density at radius 3 is 2.58 bits per heavy atom. The van der Waals surface area contributed by atoms with Gasteiger partial charge in [0.1, 0.15) is 5.75 Å². The van der Waals surface area contributed by atoms with Crippen LogP contribution in [0, 0.1) is 12.8 Å². The number of carbonyl (C=O) groups is 1. The van der Waals surface area contributed by atoms with Gasteiger partial charge in [0.25, 0.3) is 15.9 Å². The summed E-state index contributed by atoms with van der Waals surface area (Å²) in [4.78, 5) is 15.0. The van der Waals surface area contributed by atoms with E-state index in [1.54, 1.807) is 43.3 Å². The zero-order valence-corrected chi connectivity index (χ0v) is 19.2. The summed E-state index contributed by atoms with van der Waals surface area (Å²) in [5, 5.41) is 2.94. The number of piperidine rings is 1. The number of hydrogen-bond acceptors (Lipinski definition) is 5.